The summed E-state index contributed by atoms with van der Waals surface area (Å²) in [5.74, 6) is 0. The zero-order valence-electron chi connectivity index (χ0n) is 9.58. The first kappa shape index (κ1) is 13.9. The molecule has 4 nitrogen and oxygen atoms in total. The molecule has 0 aromatic carbocycles. The fourth-order valence-corrected chi connectivity index (χ4v) is 1.73. The van der Waals surface area contributed by atoms with Crippen LogP contribution in [0.15, 0.2) is 0 Å². The van der Waals surface area contributed by atoms with Crippen molar-refractivity contribution in [2.24, 2.45) is 0 Å². The monoisotopic (exact) mass is 222 g/mol. The van der Waals surface area contributed by atoms with Gasteiger partial charge in [0.25, 0.3) is 0 Å². The Bertz CT molecular complexity index is 239. The predicted molar refractivity (Wildman–Crippen MR) is 59.8 cm³/mol. The number of sulfonamides is 1. The lowest BCUT2D eigenvalue weighted by atomic mass is 10.2. The van der Waals surface area contributed by atoms with E-state index in [-0.39, 0.29) is 0 Å². The number of hydrogen-bond donors (Lipinski definition) is 1. The predicted octanol–water partition coefficient (Wildman–Crippen LogP) is 0.656. The molecule has 5 heteroatoms. The van der Waals surface area contributed by atoms with Gasteiger partial charge in [0, 0.05) is 19.1 Å². The molecule has 0 aliphatic carbocycles. The molecule has 86 valence electrons. The molecule has 0 bridgehead atoms. The van der Waals surface area contributed by atoms with E-state index in [2.05, 4.69) is 23.5 Å². The van der Waals surface area contributed by atoms with Gasteiger partial charge in [-0.15, -0.1) is 0 Å². The second kappa shape index (κ2) is 6.37. The Labute approximate surface area is 87.7 Å². The van der Waals surface area contributed by atoms with E-state index in [1.807, 2.05) is 7.05 Å². The summed E-state index contributed by atoms with van der Waals surface area (Å²) in [5.41, 5.74) is 0. The normalized spacial score (nSPS) is 14.6. The van der Waals surface area contributed by atoms with E-state index in [0.29, 0.717) is 12.6 Å². The molecule has 0 aromatic heterocycles. The maximum atomic E-state index is 10.8. The number of nitrogens with zero attached hydrogens (tertiary/aromatic N) is 1. The van der Waals surface area contributed by atoms with E-state index in [4.69, 9.17) is 0 Å². The Kier molecular flexibility index (Phi) is 6.31. The maximum absolute atomic E-state index is 10.8. The van der Waals surface area contributed by atoms with Crippen molar-refractivity contribution >= 4 is 10.0 Å². The summed E-state index contributed by atoms with van der Waals surface area (Å²) in [6.45, 7) is 5.56. The molecule has 0 aliphatic heterocycles. The first-order valence-electron chi connectivity index (χ1n) is 5.01. The molecular formula is C9H22N2O2S. The van der Waals surface area contributed by atoms with Crippen molar-refractivity contribution in [2.75, 3.05) is 26.4 Å². The second-order valence-corrected chi connectivity index (χ2v) is 5.62. The minimum Gasteiger partial charge on any atom is -0.302 e. The third-order valence-electron chi connectivity index (χ3n) is 2.29. The van der Waals surface area contributed by atoms with Crippen molar-refractivity contribution in [1.82, 2.24) is 9.62 Å². The second-order valence-electron chi connectivity index (χ2n) is 3.78. The van der Waals surface area contributed by atoms with E-state index in [0.717, 1.165) is 19.4 Å². The van der Waals surface area contributed by atoms with Crippen LogP contribution in [0, 0.1) is 0 Å². The van der Waals surface area contributed by atoms with Gasteiger partial charge in [0.15, 0.2) is 0 Å². The molecular weight excluding hydrogens is 200 g/mol. The molecule has 0 spiro atoms. The first-order chi connectivity index (χ1) is 6.37. The number of rotatable bonds is 7. The van der Waals surface area contributed by atoms with Gasteiger partial charge in [-0.1, -0.05) is 13.3 Å². The lowest BCUT2D eigenvalue weighted by Crippen LogP contribution is -2.36. The highest BCUT2D eigenvalue weighted by molar-refractivity contribution is 7.88. The Morgan fingerprint density at radius 3 is 2.43 bits per heavy atom. The van der Waals surface area contributed by atoms with Gasteiger partial charge < -0.3 is 4.90 Å². The Morgan fingerprint density at radius 1 is 1.43 bits per heavy atom. The third-order valence-corrected chi connectivity index (χ3v) is 3.02. The van der Waals surface area contributed by atoms with Crippen molar-refractivity contribution in [3.63, 3.8) is 0 Å². The van der Waals surface area contributed by atoms with Crippen LogP contribution >= 0.6 is 0 Å². The Hall–Kier alpha value is -0.130. The van der Waals surface area contributed by atoms with Crippen molar-refractivity contribution in [3.05, 3.63) is 0 Å². The molecule has 0 saturated carbocycles. The van der Waals surface area contributed by atoms with Crippen LogP contribution in [0.5, 0.6) is 0 Å². The molecule has 14 heavy (non-hydrogen) atoms. The van der Waals surface area contributed by atoms with Gasteiger partial charge in [-0.25, -0.2) is 13.1 Å². The number of likely N-dealkylation sites (N-methyl/N-ethyl adjacent to an activating group) is 1. The smallest absolute Gasteiger partial charge is 0.208 e. The summed E-state index contributed by atoms with van der Waals surface area (Å²) in [4.78, 5) is 2.17. The summed E-state index contributed by atoms with van der Waals surface area (Å²) in [7, 11) is -1.02. The summed E-state index contributed by atoms with van der Waals surface area (Å²) >= 11 is 0. The van der Waals surface area contributed by atoms with Crippen molar-refractivity contribution in [1.29, 1.82) is 0 Å². The van der Waals surface area contributed by atoms with Crippen molar-refractivity contribution in [3.8, 4) is 0 Å². The third kappa shape index (κ3) is 7.29. The van der Waals surface area contributed by atoms with Crippen LogP contribution in [-0.2, 0) is 10.0 Å². The fourth-order valence-electron chi connectivity index (χ4n) is 1.27. The summed E-state index contributed by atoms with van der Waals surface area (Å²) in [6, 6.07) is 0.515. The topological polar surface area (TPSA) is 49.4 Å². The number of nitrogens with one attached hydrogen (secondary N) is 1. The molecule has 0 aliphatic rings. The quantitative estimate of drug-likeness (QED) is 0.688. The fraction of sp³-hybridized carbons (Fsp3) is 1.00. The van der Waals surface area contributed by atoms with Crippen molar-refractivity contribution in [2.45, 2.75) is 32.7 Å². The lowest BCUT2D eigenvalue weighted by Gasteiger charge is -2.24. The highest BCUT2D eigenvalue weighted by Crippen LogP contribution is 2.02. The molecule has 0 aromatic rings. The summed E-state index contributed by atoms with van der Waals surface area (Å²) in [5, 5.41) is 0. The van der Waals surface area contributed by atoms with Crippen LogP contribution < -0.4 is 4.72 Å². The minimum absolute atomic E-state index is 0.489. The van der Waals surface area contributed by atoms with Crippen LogP contribution in [0.25, 0.3) is 0 Å². The molecule has 0 saturated heterocycles. The van der Waals surface area contributed by atoms with Gasteiger partial charge in [-0.2, -0.15) is 0 Å². The summed E-state index contributed by atoms with van der Waals surface area (Å²) in [6.07, 6.45) is 3.49. The average molecular weight is 222 g/mol. The van der Waals surface area contributed by atoms with Gasteiger partial charge in [0.1, 0.15) is 0 Å². The molecule has 1 N–H and O–H groups in total. The van der Waals surface area contributed by atoms with Gasteiger partial charge in [-0.3, -0.25) is 0 Å². The molecule has 0 heterocycles. The van der Waals surface area contributed by atoms with E-state index in [1.54, 1.807) is 0 Å². The largest absolute Gasteiger partial charge is 0.302 e. The zero-order valence-corrected chi connectivity index (χ0v) is 10.4. The van der Waals surface area contributed by atoms with E-state index < -0.39 is 10.0 Å². The van der Waals surface area contributed by atoms with E-state index in [9.17, 15) is 8.42 Å². The highest BCUT2D eigenvalue weighted by Gasteiger charge is 2.08. The summed E-state index contributed by atoms with van der Waals surface area (Å²) < 4.78 is 24.0. The molecule has 0 unspecified atom stereocenters. The lowest BCUT2D eigenvalue weighted by molar-refractivity contribution is 0.249. The van der Waals surface area contributed by atoms with Crippen LogP contribution in [-0.4, -0.2) is 45.8 Å². The average Bonchev–Trinajstić information content (AvgIpc) is 2.02. The number of hydrogen-bond acceptors (Lipinski definition) is 3. The Morgan fingerprint density at radius 2 is 2.00 bits per heavy atom. The molecule has 0 amide bonds. The van der Waals surface area contributed by atoms with Gasteiger partial charge >= 0.3 is 0 Å². The minimum atomic E-state index is -3.03. The van der Waals surface area contributed by atoms with E-state index in [1.165, 1.54) is 6.26 Å². The van der Waals surface area contributed by atoms with Crippen LogP contribution in [0.3, 0.4) is 0 Å². The van der Waals surface area contributed by atoms with Gasteiger partial charge in [-0.05, 0) is 20.4 Å². The van der Waals surface area contributed by atoms with Gasteiger partial charge in [0.05, 0.1) is 6.26 Å². The van der Waals surface area contributed by atoms with Crippen LogP contribution in [0.1, 0.15) is 26.7 Å². The van der Waals surface area contributed by atoms with E-state index >= 15 is 0 Å². The molecule has 0 rings (SSSR count). The highest BCUT2D eigenvalue weighted by atomic mass is 32.2. The Balaban J connectivity index is 3.68. The molecule has 0 fully saturated rings. The van der Waals surface area contributed by atoms with Crippen molar-refractivity contribution < 1.29 is 8.42 Å². The van der Waals surface area contributed by atoms with Crippen LogP contribution in [0.4, 0.5) is 0 Å². The zero-order chi connectivity index (χ0) is 11.2. The maximum Gasteiger partial charge on any atom is 0.208 e. The molecule has 0 radical (unpaired) electrons. The SMILES string of the molecule is CCC[C@@H](C)N(C)CCNS(C)(=O)=O. The first-order valence-corrected chi connectivity index (χ1v) is 6.91. The standard InChI is InChI=1S/C9H22N2O2S/c1-5-6-9(2)11(3)8-7-10-14(4,12)13/h9-10H,5-8H2,1-4H3/t9-/m1/s1. The van der Waals surface area contributed by atoms with Gasteiger partial charge in [0.2, 0.25) is 10.0 Å². The van der Waals surface area contributed by atoms with Crippen LogP contribution in [0.2, 0.25) is 0 Å². The molecule has 1 atom stereocenters.